The average molecular weight is 314 g/mol. The van der Waals surface area contributed by atoms with Gasteiger partial charge in [0.05, 0.1) is 19.2 Å². The van der Waals surface area contributed by atoms with E-state index in [0.29, 0.717) is 28.0 Å². The first-order valence-electron chi connectivity index (χ1n) is 7.11. The SMILES string of the molecule is COc1cc(C(=O)NC(C)CCC(C)C)cc(Cl)c1OC. The van der Waals surface area contributed by atoms with Crippen LogP contribution >= 0.6 is 11.6 Å². The summed E-state index contributed by atoms with van der Waals surface area (Å²) in [5, 5.41) is 3.33. The predicted octanol–water partition coefficient (Wildman–Crippen LogP) is 3.91. The van der Waals surface area contributed by atoms with Crippen molar-refractivity contribution >= 4 is 17.5 Å². The summed E-state index contributed by atoms with van der Waals surface area (Å²) >= 11 is 6.11. The highest BCUT2D eigenvalue weighted by atomic mass is 35.5. The van der Waals surface area contributed by atoms with Crippen molar-refractivity contribution in [1.82, 2.24) is 5.32 Å². The molecule has 0 fully saturated rings. The van der Waals surface area contributed by atoms with Gasteiger partial charge < -0.3 is 14.8 Å². The lowest BCUT2D eigenvalue weighted by Gasteiger charge is -2.16. The van der Waals surface area contributed by atoms with Crippen LogP contribution in [0.4, 0.5) is 0 Å². The minimum Gasteiger partial charge on any atom is -0.493 e. The fraction of sp³-hybridized carbons (Fsp3) is 0.562. The molecule has 0 aromatic heterocycles. The maximum absolute atomic E-state index is 12.3. The van der Waals surface area contributed by atoms with Crippen LogP contribution in [0.1, 0.15) is 44.0 Å². The molecule has 0 saturated heterocycles. The molecule has 5 heteroatoms. The Morgan fingerprint density at radius 3 is 2.38 bits per heavy atom. The lowest BCUT2D eigenvalue weighted by Crippen LogP contribution is -2.32. The zero-order valence-electron chi connectivity index (χ0n) is 13.3. The number of benzene rings is 1. The molecular weight excluding hydrogens is 290 g/mol. The van der Waals surface area contributed by atoms with Gasteiger partial charge in [-0.1, -0.05) is 25.4 Å². The average Bonchev–Trinajstić information content (AvgIpc) is 2.43. The lowest BCUT2D eigenvalue weighted by atomic mass is 10.0. The van der Waals surface area contributed by atoms with Gasteiger partial charge in [0.1, 0.15) is 0 Å². The molecule has 0 bridgehead atoms. The summed E-state index contributed by atoms with van der Waals surface area (Å²) in [6.07, 6.45) is 2.03. The smallest absolute Gasteiger partial charge is 0.251 e. The standard InChI is InChI=1S/C16H24ClNO3/c1-10(2)6-7-11(3)18-16(19)12-8-13(17)15(21-5)14(9-12)20-4/h8-11H,6-7H2,1-5H3,(H,18,19). The summed E-state index contributed by atoms with van der Waals surface area (Å²) in [7, 11) is 3.03. The molecule has 0 spiro atoms. The number of rotatable bonds is 7. The highest BCUT2D eigenvalue weighted by Crippen LogP contribution is 2.35. The van der Waals surface area contributed by atoms with E-state index in [2.05, 4.69) is 19.2 Å². The third-order valence-electron chi connectivity index (χ3n) is 3.25. The minimum absolute atomic E-state index is 0.117. The molecule has 0 heterocycles. The maximum Gasteiger partial charge on any atom is 0.251 e. The Bertz CT molecular complexity index is 489. The number of nitrogens with one attached hydrogen (secondary N) is 1. The second-order valence-electron chi connectivity index (χ2n) is 5.54. The van der Waals surface area contributed by atoms with E-state index >= 15 is 0 Å². The van der Waals surface area contributed by atoms with Crippen molar-refractivity contribution in [1.29, 1.82) is 0 Å². The summed E-state index contributed by atoms with van der Waals surface area (Å²) in [6, 6.07) is 3.34. The Labute approximate surface area is 131 Å². The molecule has 1 aromatic carbocycles. The predicted molar refractivity (Wildman–Crippen MR) is 85.6 cm³/mol. The van der Waals surface area contributed by atoms with Crippen LogP contribution < -0.4 is 14.8 Å². The molecule has 1 rings (SSSR count). The van der Waals surface area contributed by atoms with Gasteiger partial charge in [-0.2, -0.15) is 0 Å². The van der Waals surface area contributed by atoms with Crippen molar-refractivity contribution in [3.05, 3.63) is 22.7 Å². The van der Waals surface area contributed by atoms with Gasteiger partial charge in [-0.25, -0.2) is 0 Å². The molecule has 1 atom stereocenters. The number of halogens is 1. The third-order valence-corrected chi connectivity index (χ3v) is 3.53. The van der Waals surface area contributed by atoms with Gasteiger partial charge >= 0.3 is 0 Å². The molecule has 0 aliphatic carbocycles. The summed E-state index contributed by atoms with van der Waals surface area (Å²) in [5.74, 6) is 1.35. The molecule has 0 aliphatic heterocycles. The fourth-order valence-corrected chi connectivity index (χ4v) is 2.30. The monoisotopic (exact) mass is 313 g/mol. The van der Waals surface area contributed by atoms with Gasteiger partial charge in [-0.15, -0.1) is 0 Å². The van der Waals surface area contributed by atoms with E-state index in [1.165, 1.54) is 14.2 Å². The van der Waals surface area contributed by atoms with Crippen molar-refractivity contribution < 1.29 is 14.3 Å². The van der Waals surface area contributed by atoms with E-state index in [0.717, 1.165) is 12.8 Å². The quantitative estimate of drug-likeness (QED) is 0.830. The van der Waals surface area contributed by atoms with Gasteiger partial charge in [0.15, 0.2) is 11.5 Å². The van der Waals surface area contributed by atoms with Crippen LogP contribution in [0.15, 0.2) is 12.1 Å². The second kappa shape index (κ2) is 8.13. The Balaban J connectivity index is 2.81. The zero-order valence-corrected chi connectivity index (χ0v) is 14.1. The topological polar surface area (TPSA) is 47.6 Å². The molecule has 1 amide bonds. The molecule has 118 valence electrons. The Hall–Kier alpha value is -1.42. The number of hydrogen-bond donors (Lipinski definition) is 1. The summed E-state index contributed by atoms with van der Waals surface area (Å²) in [6.45, 7) is 6.34. The van der Waals surface area contributed by atoms with E-state index in [1.54, 1.807) is 12.1 Å². The minimum atomic E-state index is -0.158. The normalized spacial score (nSPS) is 12.1. The van der Waals surface area contributed by atoms with Crippen LogP contribution in [0, 0.1) is 5.92 Å². The van der Waals surface area contributed by atoms with E-state index < -0.39 is 0 Å². The molecule has 0 aliphatic rings. The van der Waals surface area contributed by atoms with Crippen molar-refractivity contribution in [3.63, 3.8) is 0 Å². The first-order valence-corrected chi connectivity index (χ1v) is 7.49. The number of hydrogen-bond acceptors (Lipinski definition) is 3. The fourth-order valence-electron chi connectivity index (χ4n) is 2.01. The number of methoxy groups -OCH3 is 2. The van der Waals surface area contributed by atoms with E-state index in [-0.39, 0.29) is 11.9 Å². The summed E-state index contributed by atoms with van der Waals surface area (Å²) < 4.78 is 10.4. The first-order chi connectivity index (χ1) is 9.88. The van der Waals surface area contributed by atoms with Gasteiger partial charge in [0.25, 0.3) is 5.91 Å². The molecule has 1 aromatic rings. The number of ether oxygens (including phenoxy) is 2. The summed E-state index contributed by atoms with van der Waals surface area (Å²) in [4.78, 5) is 12.3. The summed E-state index contributed by atoms with van der Waals surface area (Å²) in [5.41, 5.74) is 0.467. The molecule has 1 N–H and O–H groups in total. The highest BCUT2D eigenvalue weighted by Gasteiger charge is 2.16. The first kappa shape index (κ1) is 17.6. The maximum atomic E-state index is 12.3. The van der Waals surface area contributed by atoms with Crippen molar-refractivity contribution in [3.8, 4) is 11.5 Å². The van der Waals surface area contributed by atoms with E-state index in [9.17, 15) is 4.79 Å². The van der Waals surface area contributed by atoms with Gasteiger partial charge in [-0.05, 0) is 37.8 Å². The second-order valence-corrected chi connectivity index (χ2v) is 5.95. The molecule has 21 heavy (non-hydrogen) atoms. The molecular formula is C16H24ClNO3. The molecule has 0 radical (unpaired) electrons. The number of carbonyl (C=O) groups is 1. The van der Waals surface area contributed by atoms with Crippen LogP contribution in [0.2, 0.25) is 5.02 Å². The number of amides is 1. The van der Waals surface area contributed by atoms with Crippen LogP contribution in [-0.4, -0.2) is 26.2 Å². The van der Waals surface area contributed by atoms with E-state index in [4.69, 9.17) is 21.1 Å². The van der Waals surface area contributed by atoms with Crippen LogP contribution in [0.3, 0.4) is 0 Å². The van der Waals surface area contributed by atoms with E-state index in [1.807, 2.05) is 6.92 Å². The number of carbonyl (C=O) groups excluding carboxylic acids is 1. The van der Waals surface area contributed by atoms with Crippen LogP contribution in [0.5, 0.6) is 11.5 Å². The molecule has 1 unspecified atom stereocenters. The highest BCUT2D eigenvalue weighted by molar-refractivity contribution is 6.32. The van der Waals surface area contributed by atoms with Crippen molar-refractivity contribution in [2.45, 2.75) is 39.7 Å². The zero-order chi connectivity index (χ0) is 16.0. The third kappa shape index (κ3) is 5.12. The van der Waals surface area contributed by atoms with Crippen molar-refractivity contribution in [2.24, 2.45) is 5.92 Å². The molecule has 4 nitrogen and oxygen atoms in total. The molecule has 0 saturated carbocycles. The largest absolute Gasteiger partial charge is 0.493 e. The van der Waals surface area contributed by atoms with Gasteiger partial charge in [0, 0.05) is 11.6 Å². The Morgan fingerprint density at radius 1 is 1.19 bits per heavy atom. The van der Waals surface area contributed by atoms with Crippen molar-refractivity contribution in [2.75, 3.05) is 14.2 Å². The van der Waals surface area contributed by atoms with Gasteiger partial charge in [-0.3, -0.25) is 4.79 Å². The lowest BCUT2D eigenvalue weighted by molar-refractivity contribution is 0.0937. The Kier molecular flexibility index (Phi) is 6.82. The van der Waals surface area contributed by atoms with Gasteiger partial charge in [0.2, 0.25) is 0 Å². The Morgan fingerprint density at radius 2 is 1.86 bits per heavy atom. The van der Waals surface area contributed by atoms with Crippen LogP contribution in [0.25, 0.3) is 0 Å². The van der Waals surface area contributed by atoms with Crippen LogP contribution in [-0.2, 0) is 0 Å².